The van der Waals surface area contributed by atoms with E-state index in [9.17, 15) is 43.2 Å². The molecule has 3 unspecified atom stereocenters. The first-order valence-corrected chi connectivity index (χ1v) is 41.7. The summed E-state index contributed by atoms with van der Waals surface area (Å²) in [6, 6.07) is 0. The molecule has 0 aliphatic carbocycles. The fraction of sp³-hybridized carbons (Fsp3) is 0.946. The summed E-state index contributed by atoms with van der Waals surface area (Å²) in [4.78, 5) is 72.7. The molecular weight excluding hydrogens is 1220 g/mol. The molecular formula is C74H144O17P2. The normalized spacial score (nSPS) is 14.3. The summed E-state index contributed by atoms with van der Waals surface area (Å²) in [7, 11) is -9.91. The molecule has 93 heavy (non-hydrogen) atoms. The number of hydrogen-bond donors (Lipinski definition) is 3. The molecule has 0 aliphatic heterocycles. The summed E-state index contributed by atoms with van der Waals surface area (Å²) in [6.07, 6.45) is 55.2. The lowest BCUT2D eigenvalue weighted by Gasteiger charge is -2.21. The Hall–Kier alpha value is -1.94. The van der Waals surface area contributed by atoms with Crippen LogP contribution in [-0.2, 0) is 65.4 Å². The molecule has 0 saturated carbocycles. The van der Waals surface area contributed by atoms with Crippen molar-refractivity contribution in [2.45, 2.75) is 406 Å². The molecule has 0 fully saturated rings. The second-order valence-corrected chi connectivity index (χ2v) is 29.8. The fourth-order valence-corrected chi connectivity index (χ4v) is 12.9. The zero-order chi connectivity index (χ0) is 68.4. The van der Waals surface area contributed by atoms with E-state index in [1.54, 1.807) is 0 Å². The van der Waals surface area contributed by atoms with E-state index in [0.717, 1.165) is 95.8 Å². The molecule has 0 aromatic rings. The van der Waals surface area contributed by atoms with Crippen LogP contribution in [0.1, 0.15) is 388 Å². The molecule has 0 spiro atoms. The third kappa shape index (κ3) is 67.0. The van der Waals surface area contributed by atoms with E-state index in [-0.39, 0.29) is 25.7 Å². The first kappa shape index (κ1) is 91.1. The third-order valence-electron chi connectivity index (χ3n) is 17.6. The number of esters is 4. The average Bonchev–Trinajstić information content (AvgIpc) is 2.54. The van der Waals surface area contributed by atoms with Gasteiger partial charge < -0.3 is 33.8 Å². The van der Waals surface area contributed by atoms with Crippen molar-refractivity contribution in [3.8, 4) is 0 Å². The highest BCUT2D eigenvalue weighted by Crippen LogP contribution is 2.45. The predicted octanol–water partition coefficient (Wildman–Crippen LogP) is 21.7. The van der Waals surface area contributed by atoms with Gasteiger partial charge in [-0.3, -0.25) is 37.3 Å². The van der Waals surface area contributed by atoms with Gasteiger partial charge in [-0.2, -0.15) is 0 Å². The molecule has 0 rings (SSSR count). The number of rotatable bonds is 74. The number of carbonyl (C=O) groups is 4. The van der Waals surface area contributed by atoms with Crippen LogP contribution in [0.25, 0.3) is 0 Å². The van der Waals surface area contributed by atoms with E-state index in [4.69, 9.17) is 37.0 Å². The molecule has 0 heterocycles. The lowest BCUT2D eigenvalue weighted by atomic mass is 9.99. The van der Waals surface area contributed by atoms with E-state index in [0.29, 0.717) is 25.7 Å². The molecule has 3 N–H and O–H groups in total. The minimum Gasteiger partial charge on any atom is -0.462 e. The average molecular weight is 1370 g/mol. The maximum absolute atomic E-state index is 13.1. The first-order chi connectivity index (χ1) is 45.1. The highest BCUT2D eigenvalue weighted by molar-refractivity contribution is 7.47. The van der Waals surface area contributed by atoms with Gasteiger partial charge in [0.2, 0.25) is 0 Å². The smallest absolute Gasteiger partial charge is 0.462 e. The largest absolute Gasteiger partial charge is 0.472 e. The minimum absolute atomic E-state index is 0.108. The maximum atomic E-state index is 13.1. The zero-order valence-corrected chi connectivity index (χ0v) is 62.2. The molecule has 0 bridgehead atoms. The van der Waals surface area contributed by atoms with Crippen molar-refractivity contribution >= 4 is 39.5 Å². The lowest BCUT2D eigenvalue weighted by Crippen LogP contribution is -2.30. The van der Waals surface area contributed by atoms with Crippen LogP contribution in [0, 0.1) is 5.92 Å². The summed E-state index contributed by atoms with van der Waals surface area (Å²) in [5.41, 5.74) is 0. The molecule has 0 amide bonds. The van der Waals surface area contributed by atoms with Crippen LogP contribution in [0.5, 0.6) is 0 Å². The summed E-state index contributed by atoms with van der Waals surface area (Å²) < 4.78 is 68.5. The molecule has 0 aliphatic rings. The Morgan fingerprint density at radius 2 is 0.516 bits per heavy atom. The van der Waals surface area contributed by atoms with Crippen molar-refractivity contribution in [1.82, 2.24) is 0 Å². The van der Waals surface area contributed by atoms with E-state index in [1.165, 1.54) is 212 Å². The van der Waals surface area contributed by atoms with Gasteiger partial charge in [0.1, 0.15) is 19.3 Å². The van der Waals surface area contributed by atoms with Crippen LogP contribution in [-0.4, -0.2) is 96.7 Å². The van der Waals surface area contributed by atoms with Crippen molar-refractivity contribution in [3.63, 3.8) is 0 Å². The third-order valence-corrected chi connectivity index (χ3v) is 19.5. The Bertz CT molecular complexity index is 1790. The second-order valence-electron chi connectivity index (χ2n) is 26.9. The van der Waals surface area contributed by atoms with Crippen LogP contribution in [0.3, 0.4) is 0 Å². The number of carbonyl (C=O) groups excluding carboxylic acids is 4. The molecule has 552 valence electrons. The molecule has 0 saturated heterocycles. The minimum atomic E-state index is -4.95. The number of ether oxygens (including phenoxy) is 4. The number of aliphatic hydroxyl groups is 1. The Kier molecular flexibility index (Phi) is 65.9. The van der Waals surface area contributed by atoms with Gasteiger partial charge in [-0.05, 0) is 31.6 Å². The SMILES string of the molecule is CCCCCCCCCCCCCCCCCC(=O)O[C@H](COC(=O)CCCCCCCCCCCCC(C)CC)COP(=O)(O)OC[C@@H](O)COP(=O)(O)OC[C@@H](COC(=O)CCCCCCCCCCCCC)OC(=O)CCCCCCCCCCCCCCC. The van der Waals surface area contributed by atoms with Crippen molar-refractivity contribution in [2.24, 2.45) is 5.92 Å². The molecule has 19 heteroatoms. The Morgan fingerprint density at radius 1 is 0.301 bits per heavy atom. The number of unbranched alkanes of at least 4 members (excludes halogenated alkanes) is 45. The number of phosphoric acid groups is 2. The number of phosphoric ester groups is 2. The first-order valence-electron chi connectivity index (χ1n) is 38.7. The topological polar surface area (TPSA) is 237 Å². The van der Waals surface area contributed by atoms with Gasteiger partial charge in [0, 0.05) is 25.7 Å². The van der Waals surface area contributed by atoms with E-state index in [1.807, 2.05) is 0 Å². The molecule has 17 nitrogen and oxygen atoms in total. The van der Waals surface area contributed by atoms with Crippen LogP contribution < -0.4 is 0 Å². The summed E-state index contributed by atoms with van der Waals surface area (Å²) >= 11 is 0. The maximum Gasteiger partial charge on any atom is 0.472 e. The Labute approximate surface area is 568 Å². The van der Waals surface area contributed by atoms with Crippen molar-refractivity contribution in [2.75, 3.05) is 39.6 Å². The van der Waals surface area contributed by atoms with Crippen molar-refractivity contribution in [3.05, 3.63) is 0 Å². The van der Waals surface area contributed by atoms with Crippen LogP contribution >= 0.6 is 15.6 Å². The summed E-state index contributed by atoms with van der Waals surface area (Å²) in [6.45, 7) is 7.31. The van der Waals surface area contributed by atoms with Gasteiger partial charge in [0.05, 0.1) is 26.4 Å². The van der Waals surface area contributed by atoms with Crippen LogP contribution in [0.15, 0.2) is 0 Å². The van der Waals surface area contributed by atoms with Gasteiger partial charge in [-0.1, -0.05) is 336 Å². The zero-order valence-electron chi connectivity index (χ0n) is 60.4. The van der Waals surface area contributed by atoms with E-state index < -0.39 is 97.5 Å². The van der Waals surface area contributed by atoms with Gasteiger partial charge in [0.15, 0.2) is 12.2 Å². The quantitative estimate of drug-likeness (QED) is 0.0222. The molecule has 0 aromatic heterocycles. The van der Waals surface area contributed by atoms with Crippen LogP contribution in [0.4, 0.5) is 0 Å². The van der Waals surface area contributed by atoms with Gasteiger partial charge in [-0.15, -0.1) is 0 Å². The summed E-state index contributed by atoms with van der Waals surface area (Å²) in [5.74, 6) is -1.30. The molecule has 0 radical (unpaired) electrons. The van der Waals surface area contributed by atoms with Gasteiger partial charge in [0.25, 0.3) is 0 Å². The summed E-state index contributed by atoms with van der Waals surface area (Å²) in [5, 5.41) is 10.6. The predicted molar refractivity (Wildman–Crippen MR) is 377 cm³/mol. The van der Waals surface area contributed by atoms with E-state index in [2.05, 4.69) is 34.6 Å². The fourth-order valence-electron chi connectivity index (χ4n) is 11.3. The Balaban J connectivity index is 5.26. The second kappa shape index (κ2) is 67.3. The monoisotopic (exact) mass is 1370 g/mol. The van der Waals surface area contributed by atoms with Crippen molar-refractivity contribution < 1.29 is 80.2 Å². The van der Waals surface area contributed by atoms with Gasteiger partial charge in [-0.25, -0.2) is 9.13 Å². The molecule has 0 aromatic carbocycles. The number of hydrogen-bond acceptors (Lipinski definition) is 15. The highest BCUT2D eigenvalue weighted by atomic mass is 31.2. The van der Waals surface area contributed by atoms with Gasteiger partial charge >= 0.3 is 39.5 Å². The van der Waals surface area contributed by atoms with Crippen molar-refractivity contribution in [1.29, 1.82) is 0 Å². The van der Waals surface area contributed by atoms with Crippen LogP contribution in [0.2, 0.25) is 0 Å². The standard InChI is InChI=1S/C74H144O17P2/c1-6-10-13-16-19-22-25-27-28-30-33-40-45-50-55-60-74(79)91-70(64-85-72(77)58-53-48-43-38-35-34-36-41-46-51-56-67(5)9-4)66-89-93(82,83)87-62-68(75)61-86-92(80,81)88-65-69(63-84-71(76)57-52-47-42-37-31-24-21-18-15-12-8-3)90-73(78)59-54-49-44-39-32-29-26-23-20-17-14-11-7-2/h67-70,75H,6-66H2,1-5H3,(H,80,81)(H,82,83)/t67?,68-,69+,70+/m0/s1. The number of aliphatic hydroxyl groups excluding tert-OH is 1. The lowest BCUT2D eigenvalue weighted by molar-refractivity contribution is -0.161. The molecule has 6 atom stereocenters. The Morgan fingerprint density at radius 3 is 0.763 bits per heavy atom. The van der Waals surface area contributed by atoms with E-state index >= 15 is 0 Å². The highest BCUT2D eigenvalue weighted by Gasteiger charge is 2.30.